The van der Waals surface area contributed by atoms with Crippen LogP contribution in [0.15, 0.2) is 48.7 Å². The van der Waals surface area contributed by atoms with Crippen molar-refractivity contribution in [2.24, 2.45) is 0 Å². The van der Waals surface area contributed by atoms with Crippen molar-refractivity contribution >= 4 is 6.08 Å². The Morgan fingerprint density at radius 1 is 1.38 bits per heavy atom. The number of hydrogen-bond acceptors (Lipinski definition) is 1. The smallest absolute Gasteiger partial charge is 0.112 e. The monoisotopic (exact) mass is 174 g/mol. The molecule has 68 valence electrons. The Balaban J connectivity index is 2.54. The van der Waals surface area contributed by atoms with Gasteiger partial charge in [-0.1, -0.05) is 43.0 Å². The highest BCUT2D eigenvalue weighted by atomic mass is 16.5. The summed E-state index contributed by atoms with van der Waals surface area (Å²) in [6.07, 6.45) is 3.86. The highest BCUT2D eigenvalue weighted by Crippen LogP contribution is 2.04. The topological polar surface area (TPSA) is 9.23 Å². The van der Waals surface area contributed by atoms with Crippen molar-refractivity contribution in [2.45, 2.75) is 6.92 Å². The van der Waals surface area contributed by atoms with E-state index >= 15 is 0 Å². The average molecular weight is 174 g/mol. The van der Waals surface area contributed by atoms with Gasteiger partial charge in [-0.15, -0.1) is 0 Å². The largest absolute Gasteiger partial charge is 0.495 e. The van der Waals surface area contributed by atoms with Crippen LogP contribution in [0.1, 0.15) is 12.5 Å². The Hall–Kier alpha value is -1.50. The van der Waals surface area contributed by atoms with Gasteiger partial charge in [-0.2, -0.15) is 0 Å². The Labute approximate surface area is 79.4 Å². The minimum absolute atomic E-state index is 0.665. The lowest BCUT2D eigenvalue weighted by atomic mass is 10.2. The predicted octanol–water partition coefficient (Wildman–Crippen LogP) is 3.25. The summed E-state index contributed by atoms with van der Waals surface area (Å²) in [5.74, 6) is 0.700. The fourth-order valence-electron chi connectivity index (χ4n) is 0.987. The zero-order valence-electron chi connectivity index (χ0n) is 7.86. The number of hydrogen-bond donors (Lipinski definition) is 0. The van der Waals surface area contributed by atoms with Gasteiger partial charge in [0, 0.05) is 0 Å². The van der Waals surface area contributed by atoms with Crippen LogP contribution in [0.4, 0.5) is 0 Å². The van der Waals surface area contributed by atoms with Crippen LogP contribution in [0.3, 0.4) is 0 Å². The van der Waals surface area contributed by atoms with Crippen molar-refractivity contribution in [1.29, 1.82) is 0 Å². The summed E-state index contributed by atoms with van der Waals surface area (Å²) in [6, 6.07) is 10.1. The molecule has 0 radical (unpaired) electrons. The maximum Gasteiger partial charge on any atom is 0.112 e. The third kappa shape index (κ3) is 3.61. The summed E-state index contributed by atoms with van der Waals surface area (Å²) in [5.41, 5.74) is 1.16. The van der Waals surface area contributed by atoms with Crippen LogP contribution in [0, 0.1) is 0 Å². The first-order valence-electron chi connectivity index (χ1n) is 4.37. The Bertz CT molecular complexity index is 285. The van der Waals surface area contributed by atoms with Gasteiger partial charge in [-0.05, 0) is 18.6 Å². The van der Waals surface area contributed by atoms with Crippen molar-refractivity contribution in [3.63, 3.8) is 0 Å². The number of ether oxygens (including phenoxy) is 1. The molecule has 0 saturated heterocycles. The zero-order valence-corrected chi connectivity index (χ0v) is 7.86. The predicted molar refractivity (Wildman–Crippen MR) is 56.2 cm³/mol. The van der Waals surface area contributed by atoms with Crippen LogP contribution >= 0.6 is 0 Å². The van der Waals surface area contributed by atoms with E-state index in [1.54, 1.807) is 0 Å². The molecule has 0 aliphatic heterocycles. The Morgan fingerprint density at radius 2 is 2.08 bits per heavy atom. The SMILES string of the molecule is C=C(C=Cc1ccccc1)OCC. The molecule has 0 N–H and O–H groups in total. The molecule has 0 amide bonds. The molecule has 1 rings (SSSR count). The van der Waals surface area contributed by atoms with Gasteiger partial charge in [-0.25, -0.2) is 0 Å². The molecule has 0 aliphatic rings. The van der Waals surface area contributed by atoms with E-state index in [2.05, 4.69) is 6.58 Å². The quantitative estimate of drug-likeness (QED) is 0.503. The first kappa shape index (κ1) is 9.59. The molecule has 0 unspecified atom stereocenters. The van der Waals surface area contributed by atoms with Gasteiger partial charge in [0.1, 0.15) is 5.76 Å². The zero-order chi connectivity index (χ0) is 9.52. The summed E-state index contributed by atoms with van der Waals surface area (Å²) < 4.78 is 5.18. The van der Waals surface area contributed by atoms with Gasteiger partial charge in [0.25, 0.3) is 0 Å². The van der Waals surface area contributed by atoms with E-state index in [9.17, 15) is 0 Å². The first-order chi connectivity index (χ1) is 6.33. The van der Waals surface area contributed by atoms with Gasteiger partial charge >= 0.3 is 0 Å². The number of rotatable bonds is 4. The molecule has 0 spiro atoms. The van der Waals surface area contributed by atoms with E-state index in [0.717, 1.165) is 5.56 Å². The molecule has 0 heterocycles. The summed E-state index contributed by atoms with van der Waals surface area (Å²) in [5, 5.41) is 0. The third-order valence-corrected chi connectivity index (χ3v) is 1.59. The van der Waals surface area contributed by atoms with Crippen molar-refractivity contribution in [3.05, 3.63) is 54.3 Å². The third-order valence-electron chi connectivity index (χ3n) is 1.59. The summed E-state index contributed by atoms with van der Waals surface area (Å²) >= 11 is 0. The second-order valence-electron chi connectivity index (χ2n) is 2.64. The highest BCUT2D eigenvalue weighted by Gasteiger charge is 1.86. The van der Waals surface area contributed by atoms with Crippen LogP contribution in [-0.4, -0.2) is 6.61 Å². The summed E-state index contributed by atoms with van der Waals surface area (Å²) in [6.45, 7) is 6.36. The van der Waals surface area contributed by atoms with Crippen LogP contribution < -0.4 is 0 Å². The summed E-state index contributed by atoms with van der Waals surface area (Å²) in [7, 11) is 0. The van der Waals surface area contributed by atoms with Gasteiger partial charge in [0.2, 0.25) is 0 Å². The molecule has 13 heavy (non-hydrogen) atoms. The van der Waals surface area contributed by atoms with E-state index < -0.39 is 0 Å². The lowest BCUT2D eigenvalue weighted by Crippen LogP contribution is -1.84. The maximum atomic E-state index is 5.18. The molecule has 0 fully saturated rings. The van der Waals surface area contributed by atoms with E-state index in [1.165, 1.54) is 0 Å². The van der Waals surface area contributed by atoms with Crippen molar-refractivity contribution in [2.75, 3.05) is 6.61 Å². The molecule has 0 atom stereocenters. The number of allylic oxidation sites excluding steroid dienone is 1. The lowest BCUT2D eigenvalue weighted by Gasteiger charge is -1.99. The fraction of sp³-hybridized carbons (Fsp3) is 0.167. The van der Waals surface area contributed by atoms with Gasteiger partial charge < -0.3 is 4.74 Å². The Kier molecular flexibility index (Phi) is 3.83. The molecule has 1 aromatic carbocycles. The molecule has 1 nitrogen and oxygen atoms in total. The number of benzene rings is 1. The average Bonchev–Trinajstić information content (AvgIpc) is 2.17. The molecule has 0 bridgehead atoms. The molecular formula is C12H14O. The van der Waals surface area contributed by atoms with Crippen molar-refractivity contribution in [3.8, 4) is 0 Å². The second-order valence-corrected chi connectivity index (χ2v) is 2.64. The maximum absolute atomic E-state index is 5.18. The minimum Gasteiger partial charge on any atom is -0.495 e. The van der Waals surface area contributed by atoms with Crippen molar-refractivity contribution in [1.82, 2.24) is 0 Å². The molecule has 0 saturated carbocycles. The standard InChI is InChI=1S/C12H14O/c1-3-13-11(2)9-10-12-7-5-4-6-8-12/h4-10H,2-3H2,1H3. The lowest BCUT2D eigenvalue weighted by molar-refractivity contribution is 0.244. The normalized spacial score (nSPS) is 10.2. The van der Waals surface area contributed by atoms with E-state index in [-0.39, 0.29) is 0 Å². The Morgan fingerprint density at radius 3 is 2.69 bits per heavy atom. The molecular weight excluding hydrogens is 160 g/mol. The van der Waals surface area contributed by atoms with E-state index in [4.69, 9.17) is 4.74 Å². The fourth-order valence-corrected chi connectivity index (χ4v) is 0.987. The second kappa shape index (κ2) is 5.20. The summed E-state index contributed by atoms with van der Waals surface area (Å²) in [4.78, 5) is 0. The van der Waals surface area contributed by atoms with E-state index in [0.29, 0.717) is 12.4 Å². The molecule has 0 aliphatic carbocycles. The van der Waals surface area contributed by atoms with Crippen LogP contribution in [-0.2, 0) is 4.74 Å². The minimum atomic E-state index is 0.665. The van der Waals surface area contributed by atoms with Crippen LogP contribution in [0.25, 0.3) is 6.08 Å². The van der Waals surface area contributed by atoms with Gasteiger partial charge in [0.05, 0.1) is 6.61 Å². The van der Waals surface area contributed by atoms with Gasteiger partial charge in [-0.3, -0.25) is 0 Å². The first-order valence-corrected chi connectivity index (χ1v) is 4.37. The van der Waals surface area contributed by atoms with Crippen molar-refractivity contribution < 1.29 is 4.74 Å². The van der Waals surface area contributed by atoms with E-state index in [1.807, 2.05) is 49.4 Å². The van der Waals surface area contributed by atoms with Crippen LogP contribution in [0.2, 0.25) is 0 Å². The molecule has 1 heteroatoms. The highest BCUT2D eigenvalue weighted by molar-refractivity contribution is 5.51. The van der Waals surface area contributed by atoms with Gasteiger partial charge in [0.15, 0.2) is 0 Å². The molecule has 1 aromatic rings. The molecule has 0 aromatic heterocycles. The van der Waals surface area contributed by atoms with Crippen LogP contribution in [0.5, 0.6) is 0 Å².